The fourth-order valence-corrected chi connectivity index (χ4v) is 2.08. The van der Waals surface area contributed by atoms with Crippen molar-refractivity contribution in [3.8, 4) is 0 Å². The van der Waals surface area contributed by atoms with Gasteiger partial charge in [0.05, 0.1) is 23.5 Å². The van der Waals surface area contributed by atoms with Gasteiger partial charge >= 0.3 is 5.97 Å². The first kappa shape index (κ1) is 12.4. The van der Waals surface area contributed by atoms with E-state index in [4.69, 9.17) is 10.5 Å². The minimum absolute atomic E-state index is 0.342. The minimum Gasteiger partial charge on any atom is -0.462 e. The van der Waals surface area contributed by atoms with Gasteiger partial charge in [0.1, 0.15) is 0 Å². The molecule has 1 heterocycles. The lowest BCUT2D eigenvalue weighted by Gasteiger charge is -2.09. The summed E-state index contributed by atoms with van der Waals surface area (Å²) in [6.07, 6.45) is 0. The van der Waals surface area contributed by atoms with Gasteiger partial charge in [0.25, 0.3) is 0 Å². The van der Waals surface area contributed by atoms with Gasteiger partial charge in [-0.25, -0.2) is 4.79 Å². The van der Waals surface area contributed by atoms with Crippen molar-refractivity contribution in [3.05, 3.63) is 40.6 Å². The lowest BCUT2D eigenvalue weighted by molar-refractivity contribution is 0.0526. The third-order valence-corrected chi connectivity index (χ3v) is 3.05. The van der Waals surface area contributed by atoms with Crippen molar-refractivity contribution in [1.29, 1.82) is 0 Å². The third-order valence-electron chi connectivity index (χ3n) is 2.36. The van der Waals surface area contributed by atoms with Crippen LogP contribution < -0.4 is 11.1 Å². The summed E-state index contributed by atoms with van der Waals surface area (Å²) in [4.78, 5) is 11.6. The number of ether oxygens (including phenoxy) is 1. The summed E-state index contributed by atoms with van der Waals surface area (Å²) in [7, 11) is 0. The first-order valence-electron chi connectivity index (χ1n) is 5.56. The molecule has 0 radical (unpaired) electrons. The second kappa shape index (κ2) is 5.55. The first-order chi connectivity index (χ1) is 8.70. The number of carbonyl (C=O) groups excluding carboxylic acids is 1. The van der Waals surface area contributed by atoms with Gasteiger partial charge in [-0.2, -0.15) is 11.3 Å². The lowest BCUT2D eigenvalue weighted by atomic mass is 10.1. The fraction of sp³-hybridized carbons (Fsp3) is 0.154. The molecule has 3 N–H and O–H groups in total. The maximum Gasteiger partial charge on any atom is 0.338 e. The van der Waals surface area contributed by atoms with Crippen LogP contribution in [0.5, 0.6) is 0 Å². The second-order valence-electron chi connectivity index (χ2n) is 3.66. The summed E-state index contributed by atoms with van der Waals surface area (Å²) < 4.78 is 4.95. The van der Waals surface area contributed by atoms with Gasteiger partial charge in [-0.1, -0.05) is 0 Å². The average molecular weight is 262 g/mol. The first-order valence-corrected chi connectivity index (χ1v) is 6.51. The van der Waals surface area contributed by atoms with E-state index in [2.05, 4.69) is 5.32 Å². The Bertz CT molecular complexity index is 538. The van der Waals surface area contributed by atoms with Crippen molar-refractivity contribution in [1.82, 2.24) is 0 Å². The lowest BCUT2D eigenvalue weighted by Crippen LogP contribution is -2.06. The third kappa shape index (κ3) is 2.81. The van der Waals surface area contributed by atoms with Gasteiger partial charge in [0.15, 0.2) is 0 Å². The molecule has 0 aliphatic rings. The molecule has 18 heavy (non-hydrogen) atoms. The Hall–Kier alpha value is -2.01. The highest BCUT2D eigenvalue weighted by atomic mass is 32.1. The number of benzene rings is 1. The molecule has 0 saturated carbocycles. The number of anilines is 3. The predicted molar refractivity (Wildman–Crippen MR) is 74.4 cm³/mol. The number of hydrogen-bond acceptors (Lipinski definition) is 5. The molecule has 1 aromatic heterocycles. The van der Waals surface area contributed by atoms with Crippen molar-refractivity contribution in [2.75, 3.05) is 17.7 Å². The molecule has 2 aromatic rings. The van der Waals surface area contributed by atoms with Crippen LogP contribution in [-0.2, 0) is 4.74 Å². The highest BCUT2D eigenvalue weighted by Gasteiger charge is 2.09. The maximum absolute atomic E-state index is 11.6. The van der Waals surface area contributed by atoms with Gasteiger partial charge in [-0.15, -0.1) is 0 Å². The number of carbonyl (C=O) groups is 1. The van der Waals surface area contributed by atoms with E-state index >= 15 is 0 Å². The number of nitrogens with two attached hydrogens (primary N) is 1. The number of esters is 1. The Morgan fingerprint density at radius 2 is 2.28 bits per heavy atom. The van der Waals surface area contributed by atoms with Crippen LogP contribution in [0.25, 0.3) is 0 Å². The zero-order chi connectivity index (χ0) is 13.0. The zero-order valence-corrected chi connectivity index (χ0v) is 10.8. The molecule has 0 unspecified atom stereocenters. The molecule has 0 amide bonds. The number of nitrogen functional groups attached to an aromatic ring is 1. The van der Waals surface area contributed by atoms with E-state index in [-0.39, 0.29) is 5.97 Å². The predicted octanol–water partition coefficient (Wildman–Crippen LogP) is 3.25. The van der Waals surface area contributed by atoms with Crippen molar-refractivity contribution >= 4 is 34.4 Å². The molecular formula is C13H14N2O2S. The van der Waals surface area contributed by atoms with Crippen LogP contribution >= 0.6 is 11.3 Å². The summed E-state index contributed by atoms with van der Waals surface area (Å²) in [5.74, 6) is -0.342. The molecule has 0 spiro atoms. The van der Waals surface area contributed by atoms with Crippen molar-refractivity contribution in [2.45, 2.75) is 6.92 Å². The topological polar surface area (TPSA) is 64.3 Å². The molecule has 0 saturated heterocycles. The average Bonchev–Trinajstić information content (AvgIpc) is 2.85. The van der Waals surface area contributed by atoms with Crippen molar-refractivity contribution < 1.29 is 9.53 Å². The molecule has 1 aromatic carbocycles. The van der Waals surface area contributed by atoms with Crippen LogP contribution in [0.3, 0.4) is 0 Å². The molecule has 0 bridgehead atoms. The standard InChI is InChI=1S/C13H14N2O2S/c1-2-17-13(16)9-3-4-11(14)12(7-9)15-10-5-6-18-8-10/h3-8,15H,2,14H2,1H3. The highest BCUT2D eigenvalue weighted by Crippen LogP contribution is 2.25. The van der Waals surface area contributed by atoms with E-state index < -0.39 is 0 Å². The van der Waals surface area contributed by atoms with E-state index in [1.165, 1.54) is 0 Å². The highest BCUT2D eigenvalue weighted by molar-refractivity contribution is 7.08. The molecule has 94 valence electrons. The summed E-state index contributed by atoms with van der Waals surface area (Å²) in [5, 5.41) is 7.10. The zero-order valence-electron chi connectivity index (χ0n) is 9.97. The van der Waals surface area contributed by atoms with Crippen molar-refractivity contribution in [2.24, 2.45) is 0 Å². The van der Waals surface area contributed by atoms with Crippen molar-refractivity contribution in [3.63, 3.8) is 0 Å². The van der Waals surface area contributed by atoms with Gasteiger partial charge in [-0.05, 0) is 36.6 Å². The van der Waals surface area contributed by atoms with E-state index in [9.17, 15) is 4.79 Å². The Balaban J connectivity index is 2.24. The molecule has 0 fully saturated rings. The fourth-order valence-electron chi connectivity index (χ4n) is 1.50. The van der Waals surface area contributed by atoms with Crippen LogP contribution in [-0.4, -0.2) is 12.6 Å². The van der Waals surface area contributed by atoms with Gasteiger partial charge < -0.3 is 15.8 Å². The normalized spacial score (nSPS) is 10.1. The summed E-state index contributed by atoms with van der Waals surface area (Å²) in [5.41, 5.74) is 8.61. The van der Waals surface area contributed by atoms with Gasteiger partial charge in [0, 0.05) is 11.1 Å². The van der Waals surface area contributed by atoms with Gasteiger partial charge in [0.2, 0.25) is 0 Å². The van der Waals surface area contributed by atoms with Crippen LogP contribution in [0.2, 0.25) is 0 Å². The molecule has 0 atom stereocenters. The summed E-state index contributed by atoms with van der Waals surface area (Å²) in [6, 6.07) is 7.00. The molecular weight excluding hydrogens is 248 g/mol. The molecule has 0 aliphatic heterocycles. The Morgan fingerprint density at radius 1 is 1.44 bits per heavy atom. The van der Waals surface area contributed by atoms with Crippen LogP contribution in [0, 0.1) is 0 Å². The Morgan fingerprint density at radius 3 is 2.94 bits per heavy atom. The second-order valence-corrected chi connectivity index (χ2v) is 4.44. The van der Waals surface area contributed by atoms with E-state index in [0.29, 0.717) is 23.5 Å². The monoisotopic (exact) mass is 262 g/mol. The maximum atomic E-state index is 11.6. The number of nitrogens with one attached hydrogen (secondary N) is 1. The van der Waals surface area contributed by atoms with Crippen LogP contribution in [0.15, 0.2) is 35.0 Å². The number of hydrogen-bond donors (Lipinski definition) is 2. The Kier molecular flexibility index (Phi) is 3.84. The molecule has 4 nitrogen and oxygen atoms in total. The van der Waals surface area contributed by atoms with E-state index in [1.54, 1.807) is 36.5 Å². The molecule has 0 aliphatic carbocycles. The minimum atomic E-state index is -0.342. The van der Waals surface area contributed by atoms with Gasteiger partial charge in [-0.3, -0.25) is 0 Å². The smallest absolute Gasteiger partial charge is 0.338 e. The Labute approximate surface area is 109 Å². The largest absolute Gasteiger partial charge is 0.462 e. The van der Waals surface area contributed by atoms with E-state index in [1.807, 2.05) is 16.8 Å². The summed E-state index contributed by atoms with van der Waals surface area (Å²) in [6.45, 7) is 2.14. The quantitative estimate of drug-likeness (QED) is 0.655. The molecule has 5 heteroatoms. The SMILES string of the molecule is CCOC(=O)c1ccc(N)c(Nc2ccsc2)c1. The van der Waals surface area contributed by atoms with E-state index in [0.717, 1.165) is 5.69 Å². The van der Waals surface area contributed by atoms with Crippen LogP contribution in [0.1, 0.15) is 17.3 Å². The number of thiophene rings is 1. The van der Waals surface area contributed by atoms with Crippen LogP contribution in [0.4, 0.5) is 17.1 Å². The number of rotatable bonds is 4. The molecule has 2 rings (SSSR count). The summed E-state index contributed by atoms with van der Waals surface area (Å²) >= 11 is 1.59.